The summed E-state index contributed by atoms with van der Waals surface area (Å²) in [4.78, 5) is 27.7. The number of aliphatic hydroxyl groups is 1. The molecule has 2 saturated heterocycles. The van der Waals surface area contributed by atoms with E-state index in [1.165, 1.54) is 0 Å². The molecule has 7 heteroatoms. The molecule has 114 valence electrons. The second-order valence-electron chi connectivity index (χ2n) is 5.74. The first-order valence-electron chi connectivity index (χ1n) is 7.02. The Morgan fingerprint density at radius 3 is 2.65 bits per heavy atom. The number of nitrogens with two attached hydrogens (primary N) is 1. The first-order chi connectivity index (χ1) is 9.41. The Morgan fingerprint density at radius 1 is 1.35 bits per heavy atom. The molecule has 20 heavy (non-hydrogen) atoms. The maximum Gasteiger partial charge on any atom is 0.241 e. The van der Waals surface area contributed by atoms with Gasteiger partial charge in [-0.3, -0.25) is 9.59 Å². The van der Waals surface area contributed by atoms with Gasteiger partial charge >= 0.3 is 0 Å². The molecule has 0 aromatic heterocycles. The van der Waals surface area contributed by atoms with Crippen molar-refractivity contribution < 1.29 is 14.7 Å². The van der Waals surface area contributed by atoms with Crippen LogP contribution in [0.4, 0.5) is 0 Å². The summed E-state index contributed by atoms with van der Waals surface area (Å²) in [7, 11) is 0. The van der Waals surface area contributed by atoms with E-state index >= 15 is 0 Å². The lowest BCUT2D eigenvalue weighted by atomic mass is 10.1. The predicted octanol–water partition coefficient (Wildman–Crippen LogP) is -0.534. The monoisotopic (exact) mass is 301 g/mol. The summed E-state index contributed by atoms with van der Waals surface area (Å²) < 4.78 is 0. The van der Waals surface area contributed by atoms with E-state index in [0.717, 1.165) is 18.7 Å². The number of nitrogens with zero attached hydrogens (tertiary/aromatic N) is 2. The van der Waals surface area contributed by atoms with Gasteiger partial charge in [-0.1, -0.05) is 13.8 Å². The fraction of sp³-hybridized carbons (Fsp3) is 0.846. The zero-order chi connectivity index (χ0) is 14.9. The van der Waals surface area contributed by atoms with Crippen LogP contribution in [-0.2, 0) is 9.59 Å². The molecular weight excluding hydrogens is 278 g/mol. The van der Waals surface area contributed by atoms with E-state index < -0.39 is 6.04 Å². The summed E-state index contributed by atoms with van der Waals surface area (Å²) in [5.74, 6) is 0.798. The summed E-state index contributed by atoms with van der Waals surface area (Å²) >= 11 is 1.75. The highest BCUT2D eigenvalue weighted by Gasteiger charge is 2.50. The molecule has 3 N–H and O–H groups in total. The molecule has 2 unspecified atom stereocenters. The largest absolute Gasteiger partial charge is 0.394 e. The minimum Gasteiger partial charge on any atom is -0.394 e. The highest BCUT2D eigenvalue weighted by Crippen LogP contribution is 2.43. The number of likely N-dealkylation sites (tertiary alicyclic amines) is 1. The maximum atomic E-state index is 12.3. The highest BCUT2D eigenvalue weighted by molar-refractivity contribution is 8.00. The third kappa shape index (κ3) is 2.66. The Balaban J connectivity index is 2.09. The van der Waals surface area contributed by atoms with E-state index in [9.17, 15) is 9.59 Å². The maximum absolute atomic E-state index is 12.3. The lowest BCUT2D eigenvalue weighted by Gasteiger charge is -2.35. The Morgan fingerprint density at radius 2 is 2.05 bits per heavy atom. The van der Waals surface area contributed by atoms with Crippen molar-refractivity contribution in [3.05, 3.63) is 0 Å². The Hall–Kier alpha value is -0.790. The third-order valence-electron chi connectivity index (χ3n) is 3.97. The molecular formula is C13H23N3O3S. The van der Waals surface area contributed by atoms with Gasteiger partial charge in [0.25, 0.3) is 0 Å². The molecule has 2 aliphatic rings. The Bertz CT molecular complexity index is 404. The Kier molecular flexibility index (Phi) is 4.61. The molecule has 2 rings (SSSR count). The molecule has 6 nitrogen and oxygen atoms in total. The normalized spacial score (nSPS) is 27.6. The molecule has 0 aromatic rings. The molecule has 0 radical (unpaired) electrons. The number of carbonyl (C=O) groups is 2. The number of rotatable bonds is 3. The zero-order valence-electron chi connectivity index (χ0n) is 12.0. The van der Waals surface area contributed by atoms with Crippen molar-refractivity contribution in [2.75, 3.05) is 32.0 Å². The van der Waals surface area contributed by atoms with Gasteiger partial charge in [-0.15, -0.1) is 11.8 Å². The van der Waals surface area contributed by atoms with E-state index in [2.05, 4.69) is 0 Å². The first kappa shape index (κ1) is 15.6. The van der Waals surface area contributed by atoms with Gasteiger partial charge in [0.1, 0.15) is 10.9 Å². The van der Waals surface area contributed by atoms with Crippen molar-refractivity contribution >= 4 is 23.6 Å². The van der Waals surface area contributed by atoms with Gasteiger partial charge in [0.2, 0.25) is 11.8 Å². The van der Waals surface area contributed by atoms with Crippen LogP contribution in [0, 0.1) is 5.92 Å². The molecule has 2 heterocycles. The summed E-state index contributed by atoms with van der Waals surface area (Å²) in [6.07, 6.45) is 0.778. The van der Waals surface area contributed by atoms with E-state index in [-0.39, 0.29) is 29.2 Å². The number of hydrogen-bond acceptors (Lipinski definition) is 5. The van der Waals surface area contributed by atoms with Crippen molar-refractivity contribution in [2.45, 2.75) is 31.2 Å². The van der Waals surface area contributed by atoms with Gasteiger partial charge in [0.05, 0.1) is 13.2 Å². The molecule has 0 bridgehead atoms. The van der Waals surface area contributed by atoms with Crippen molar-refractivity contribution in [3.63, 3.8) is 0 Å². The summed E-state index contributed by atoms with van der Waals surface area (Å²) in [6.45, 7) is 5.32. The van der Waals surface area contributed by atoms with Crippen LogP contribution < -0.4 is 5.73 Å². The van der Waals surface area contributed by atoms with Gasteiger partial charge < -0.3 is 20.6 Å². The summed E-state index contributed by atoms with van der Waals surface area (Å²) in [5.41, 5.74) is 5.60. The van der Waals surface area contributed by atoms with Crippen molar-refractivity contribution in [1.82, 2.24) is 9.80 Å². The molecule has 2 fully saturated rings. The average molecular weight is 301 g/mol. The van der Waals surface area contributed by atoms with Gasteiger partial charge in [-0.2, -0.15) is 0 Å². The zero-order valence-corrected chi connectivity index (χ0v) is 12.9. The summed E-state index contributed by atoms with van der Waals surface area (Å²) in [5, 5.41) is 8.99. The second kappa shape index (κ2) is 5.91. The van der Waals surface area contributed by atoms with Crippen LogP contribution >= 0.6 is 11.8 Å². The molecule has 1 spiro atoms. The number of carbonyl (C=O) groups excluding carboxylic acids is 2. The summed E-state index contributed by atoms with van der Waals surface area (Å²) in [6, 6.07) is -0.856. The predicted molar refractivity (Wildman–Crippen MR) is 78.0 cm³/mol. The Labute approximate surface area is 123 Å². The van der Waals surface area contributed by atoms with Crippen LogP contribution in [0.5, 0.6) is 0 Å². The number of amides is 2. The van der Waals surface area contributed by atoms with Crippen LogP contribution in [0.3, 0.4) is 0 Å². The fourth-order valence-electron chi connectivity index (χ4n) is 2.84. The second-order valence-corrected chi connectivity index (χ2v) is 7.19. The van der Waals surface area contributed by atoms with Gasteiger partial charge in [0.15, 0.2) is 0 Å². The van der Waals surface area contributed by atoms with Crippen molar-refractivity contribution in [1.29, 1.82) is 0 Å². The fourth-order valence-corrected chi connectivity index (χ4v) is 4.31. The SMILES string of the molecule is CC(C)C(=O)N1CCSC12CCN(C(=O)C(N)CO)C2. The van der Waals surface area contributed by atoms with E-state index in [0.29, 0.717) is 13.1 Å². The van der Waals surface area contributed by atoms with Crippen LogP contribution in [-0.4, -0.2) is 69.6 Å². The standard InChI is InChI=1S/C13H23N3O3S/c1-9(2)11(18)16-5-6-20-13(16)3-4-15(8-13)12(19)10(14)7-17/h9-10,17H,3-8,14H2,1-2H3. The molecule has 0 aliphatic carbocycles. The molecule has 0 aromatic carbocycles. The minimum absolute atomic E-state index is 0.0324. The lowest BCUT2D eigenvalue weighted by Crippen LogP contribution is -2.51. The highest BCUT2D eigenvalue weighted by atomic mass is 32.2. The minimum atomic E-state index is -0.856. The number of aliphatic hydroxyl groups excluding tert-OH is 1. The van der Waals surface area contributed by atoms with Gasteiger partial charge in [-0.05, 0) is 6.42 Å². The van der Waals surface area contributed by atoms with Crippen molar-refractivity contribution in [3.8, 4) is 0 Å². The van der Waals surface area contributed by atoms with E-state index in [4.69, 9.17) is 10.8 Å². The topological polar surface area (TPSA) is 86.9 Å². The van der Waals surface area contributed by atoms with E-state index in [1.807, 2.05) is 18.7 Å². The quantitative estimate of drug-likeness (QED) is 0.731. The van der Waals surface area contributed by atoms with Crippen LogP contribution in [0.15, 0.2) is 0 Å². The smallest absolute Gasteiger partial charge is 0.241 e. The number of thioether (sulfide) groups is 1. The van der Waals surface area contributed by atoms with Crippen LogP contribution in [0.2, 0.25) is 0 Å². The number of hydrogen-bond donors (Lipinski definition) is 2. The first-order valence-corrected chi connectivity index (χ1v) is 8.00. The molecule has 2 atom stereocenters. The molecule has 2 amide bonds. The van der Waals surface area contributed by atoms with Crippen molar-refractivity contribution in [2.24, 2.45) is 11.7 Å². The van der Waals surface area contributed by atoms with Crippen LogP contribution in [0.1, 0.15) is 20.3 Å². The van der Waals surface area contributed by atoms with E-state index in [1.54, 1.807) is 16.7 Å². The third-order valence-corrected chi connectivity index (χ3v) is 5.45. The molecule has 0 saturated carbocycles. The lowest BCUT2D eigenvalue weighted by molar-refractivity contribution is -0.138. The van der Waals surface area contributed by atoms with Crippen LogP contribution in [0.25, 0.3) is 0 Å². The average Bonchev–Trinajstić information content (AvgIpc) is 3.04. The van der Waals surface area contributed by atoms with Gasteiger partial charge in [-0.25, -0.2) is 0 Å². The van der Waals surface area contributed by atoms with Gasteiger partial charge in [0, 0.05) is 24.8 Å². The molecule has 2 aliphatic heterocycles.